The molecular formula is C48H48N2O10. The van der Waals surface area contributed by atoms with Crippen LogP contribution in [0, 0.1) is 0 Å². The fourth-order valence-electron chi connectivity index (χ4n) is 5.02. The van der Waals surface area contributed by atoms with Gasteiger partial charge in [-0.25, -0.2) is 19.2 Å². The van der Waals surface area contributed by atoms with E-state index in [1.54, 1.807) is 60.7 Å². The highest BCUT2D eigenvalue weighted by atomic mass is 16.5. The van der Waals surface area contributed by atoms with E-state index in [1.165, 1.54) is 12.2 Å². The van der Waals surface area contributed by atoms with Crippen LogP contribution < -0.4 is 18.9 Å². The van der Waals surface area contributed by atoms with Crippen molar-refractivity contribution in [3.8, 4) is 23.0 Å². The second kappa shape index (κ2) is 25.1. The van der Waals surface area contributed by atoms with Crippen molar-refractivity contribution < 1.29 is 47.6 Å². The number of nitrogens with zero attached hydrogens (tertiary/aromatic N) is 2. The van der Waals surface area contributed by atoms with Crippen molar-refractivity contribution in [1.29, 1.82) is 0 Å². The average molecular weight is 813 g/mol. The normalized spacial score (nSPS) is 11.5. The molecule has 0 aromatic heterocycles. The molecule has 4 aromatic rings. The number of carbonyl (C=O) groups is 4. The zero-order chi connectivity index (χ0) is 43.0. The van der Waals surface area contributed by atoms with Crippen LogP contribution in [-0.2, 0) is 28.7 Å². The fraction of sp³-hybridized carbons (Fsp3) is 0.208. The van der Waals surface area contributed by atoms with Crippen molar-refractivity contribution in [2.45, 2.75) is 39.5 Å². The summed E-state index contributed by atoms with van der Waals surface area (Å²) in [5, 5.41) is 8.74. The lowest BCUT2D eigenvalue weighted by Gasteiger charge is -2.07. The van der Waals surface area contributed by atoms with Crippen LogP contribution >= 0.6 is 0 Å². The van der Waals surface area contributed by atoms with Gasteiger partial charge in [-0.3, -0.25) is 0 Å². The lowest BCUT2D eigenvalue weighted by molar-refractivity contribution is -0.138. The SMILES string of the molecule is C=CC(=O)OCCCCOc1ccc(C=CC(=O)Oc2ccc(C(C)=NN=C(C)c3ccc(OC(=O)C=Cc4ccc(OCCCCOC(=O)C=C)cc4)cc3)cc2)cc1. The molecule has 0 spiro atoms. The van der Waals surface area contributed by atoms with Gasteiger partial charge >= 0.3 is 23.9 Å². The van der Waals surface area contributed by atoms with Gasteiger partial charge in [-0.2, -0.15) is 10.2 Å². The van der Waals surface area contributed by atoms with E-state index >= 15 is 0 Å². The number of unbranched alkanes of at least 4 members (excludes halogenated alkanes) is 2. The first-order valence-electron chi connectivity index (χ1n) is 19.3. The topological polar surface area (TPSA) is 148 Å². The van der Waals surface area contributed by atoms with E-state index in [2.05, 4.69) is 23.4 Å². The number of rotatable bonds is 23. The molecule has 0 amide bonds. The third kappa shape index (κ3) is 17.0. The van der Waals surface area contributed by atoms with Gasteiger partial charge in [0.15, 0.2) is 0 Å². The Morgan fingerprint density at radius 1 is 0.467 bits per heavy atom. The molecule has 0 saturated heterocycles. The third-order valence-corrected chi connectivity index (χ3v) is 8.35. The van der Waals surface area contributed by atoms with Gasteiger partial charge in [-0.15, -0.1) is 0 Å². The third-order valence-electron chi connectivity index (χ3n) is 8.35. The maximum absolute atomic E-state index is 12.4. The predicted molar refractivity (Wildman–Crippen MR) is 231 cm³/mol. The molecule has 0 aliphatic rings. The van der Waals surface area contributed by atoms with Crippen LogP contribution in [0.2, 0.25) is 0 Å². The van der Waals surface area contributed by atoms with Gasteiger partial charge in [0, 0.05) is 24.3 Å². The Morgan fingerprint density at radius 3 is 1.15 bits per heavy atom. The predicted octanol–water partition coefficient (Wildman–Crippen LogP) is 8.93. The highest BCUT2D eigenvalue weighted by Gasteiger charge is 2.06. The smallest absolute Gasteiger partial charge is 0.336 e. The van der Waals surface area contributed by atoms with Crippen molar-refractivity contribution >= 4 is 47.5 Å². The van der Waals surface area contributed by atoms with E-state index in [-0.39, 0.29) is 0 Å². The molecule has 12 nitrogen and oxygen atoms in total. The number of benzene rings is 4. The number of carbonyl (C=O) groups excluding carboxylic acids is 4. The molecule has 0 fully saturated rings. The van der Waals surface area contributed by atoms with Gasteiger partial charge < -0.3 is 28.4 Å². The maximum atomic E-state index is 12.4. The quantitative estimate of drug-likeness (QED) is 0.0178. The Kier molecular flexibility index (Phi) is 19.0. The zero-order valence-electron chi connectivity index (χ0n) is 33.7. The van der Waals surface area contributed by atoms with Crippen molar-refractivity contribution in [3.63, 3.8) is 0 Å². The van der Waals surface area contributed by atoms with Gasteiger partial charge in [0.25, 0.3) is 0 Å². The summed E-state index contributed by atoms with van der Waals surface area (Å²) in [6.45, 7) is 12.0. The first kappa shape index (κ1) is 45.4. The standard InChI is InChI=1S/C48H48N2O10/c1-5-45(51)57-33-9-7-31-55-41-21-11-37(12-22-41)15-29-47(53)59-43-25-17-39(18-26-43)35(3)49-50-36(4)40-19-27-44(28-20-40)60-48(54)30-16-38-13-23-42(24-14-38)56-32-8-10-34-58-46(52)6-2/h5-6,11-30H,1-2,7-10,31-34H2,3-4H3. The van der Waals surface area contributed by atoms with E-state index in [0.29, 0.717) is 73.7 Å². The summed E-state index contributed by atoms with van der Waals surface area (Å²) in [7, 11) is 0. The molecule has 0 N–H and O–H groups in total. The van der Waals surface area contributed by atoms with Gasteiger partial charge in [-0.05, 0) is 147 Å². The van der Waals surface area contributed by atoms with Gasteiger partial charge in [-0.1, -0.05) is 37.4 Å². The maximum Gasteiger partial charge on any atom is 0.336 e. The Hall–Kier alpha value is -7.34. The molecule has 0 heterocycles. The second-order valence-corrected chi connectivity index (χ2v) is 12.9. The van der Waals surface area contributed by atoms with Crippen LogP contribution in [0.15, 0.2) is 145 Å². The van der Waals surface area contributed by atoms with Crippen LogP contribution in [0.1, 0.15) is 61.8 Å². The van der Waals surface area contributed by atoms with E-state index < -0.39 is 23.9 Å². The van der Waals surface area contributed by atoms with Crippen LogP contribution in [0.3, 0.4) is 0 Å². The molecule has 12 heteroatoms. The molecule has 0 aliphatic carbocycles. The minimum Gasteiger partial charge on any atom is -0.494 e. The zero-order valence-corrected chi connectivity index (χ0v) is 33.7. The van der Waals surface area contributed by atoms with E-state index in [9.17, 15) is 19.2 Å². The van der Waals surface area contributed by atoms with Gasteiger partial charge in [0.1, 0.15) is 23.0 Å². The largest absolute Gasteiger partial charge is 0.494 e. The molecule has 4 rings (SSSR count). The Balaban J connectivity index is 1.17. The Morgan fingerprint density at radius 2 is 0.800 bits per heavy atom. The molecule has 310 valence electrons. The van der Waals surface area contributed by atoms with E-state index in [4.69, 9.17) is 28.4 Å². The number of ether oxygens (including phenoxy) is 6. The summed E-state index contributed by atoms with van der Waals surface area (Å²) in [6.07, 6.45) is 11.1. The van der Waals surface area contributed by atoms with Crippen LogP contribution in [0.4, 0.5) is 0 Å². The molecule has 0 bridgehead atoms. The van der Waals surface area contributed by atoms with Crippen LogP contribution in [0.5, 0.6) is 23.0 Å². The molecule has 0 aliphatic heterocycles. The molecule has 0 atom stereocenters. The van der Waals surface area contributed by atoms with Crippen LogP contribution in [0.25, 0.3) is 12.2 Å². The Bertz CT molecular complexity index is 2010. The molecule has 60 heavy (non-hydrogen) atoms. The van der Waals surface area contributed by atoms with E-state index in [0.717, 1.165) is 47.2 Å². The molecule has 0 radical (unpaired) electrons. The van der Waals surface area contributed by atoms with Crippen molar-refractivity contribution in [3.05, 3.63) is 157 Å². The highest BCUT2D eigenvalue weighted by Crippen LogP contribution is 2.18. The number of esters is 4. The highest BCUT2D eigenvalue weighted by molar-refractivity contribution is 6.02. The minimum atomic E-state index is -0.521. The van der Waals surface area contributed by atoms with Gasteiger partial charge in [0.05, 0.1) is 37.9 Å². The molecule has 0 saturated carbocycles. The fourth-order valence-corrected chi connectivity index (χ4v) is 5.02. The Labute approximate surface area is 350 Å². The minimum absolute atomic E-state index is 0.323. The summed E-state index contributed by atoms with van der Waals surface area (Å²) in [4.78, 5) is 47.0. The number of hydrogen-bond donors (Lipinski definition) is 0. The van der Waals surface area contributed by atoms with Crippen molar-refractivity contribution in [1.82, 2.24) is 0 Å². The summed E-state index contributed by atoms with van der Waals surface area (Å²) in [6, 6.07) is 28.5. The van der Waals surface area contributed by atoms with Crippen molar-refractivity contribution in [2.24, 2.45) is 10.2 Å². The lowest BCUT2D eigenvalue weighted by Crippen LogP contribution is -2.04. The summed E-state index contributed by atoms with van der Waals surface area (Å²) in [5.41, 5.74) is 4.54. The lowest BCUT2D eigenvalue weighted by atomic mass is 10.1. The molecule has 4 aromatic carbocycles. The summed E-state index contributed by atoms with van der Waals surface area (Å²) < 4.78 is 32.2. The van der Waals surface area contributed by atoms with Gasteiger partial charge in [0.2, 0.25) is 0 Å². The average Bonchev–Trinajstić information content (AvgIpc) is 3.27. The van der Waals surface area contributed by atoms with E-state index in [1.807, 2.05) is 62.4 Å². The summed E-state index contributed by atoms with van der Waals surface area (Å²) in [5.74, 6) is 0.250. The van der Waals surface area contributed by atoms with Crippen LogP contribution in [-0.4, -0.2) is 61.7 Å². The molecule has 0 unspecified atom stereocenters. The summed E-state index contributed by atoms with van der Waals surface area (Å²) >= 11 is 0. The van der Waals surface area contributed by atoms with Crippen molar-refractivity contribution in [2.75, 3.05) is 26.4 Å². The monoisotopic (exact) mass is 812 g/mol. The second-order valence-electron chi connectivity index (χ2n) is 12.9. The molecular weight excluding hydrogens is 765 g/mol. The first-order chi connectivity index (χ1) is 29.1. The first-order valence-corrected chi connectivity index (χ1v) is 19.3. The number of hydrogen-bond acceptors (Lipinski definition) is 12.